The molecule has 0 fully saturated rings. The van der Waals surface area contributed by atoms with Gasteiger partial charge < -0.3 is 19.5 Å². The van der Waals surface area contributed by atoms with Gasteiger partial charge >= 0.3 is 12.1 Å². The third kappa shape index (κ3) is 5.98. The molecule has 0 heterocycles. The molecule has 1 unspecified atom stereocenters. The number of carbonyl (C=O) groups is 2. The van der Waals surface area contributed by atoms with Crippen molar-refractivity contribution in [1.29, 1.82) is 0 Å². The standard InChI is InChI=1S/C20H21NO5/c1-3-25-19(22)18(13-15-9-11-17(24-2)12-10-15)21-20(23)26-14-16-7-5-4-6-8-16/h3-12,18H,1,13-14H2,2H3,(H,21,23). The fraction of sp³-hybridized carbons (Fsp3) is 0.200. The number of methoxy groups -OCH3 is 1. The number of alkyl carbamates (subject to hydrolysis) is 1. The molecule has 0 aliphatic carbocycles. The van der Waals surface area contributed by atoms with Crippen LogP contribution in [-0.2, 0) is 27.3 Å². The lowest BCUT2D eigenvalue weighted by molar-refractivity contribution is -0.140. The maximum absolute atomic E-state index is 12.1. The highest BCUT2D eigenvalue weighted by Crippen LogP contribution is 2.13. The molecular formula is C20H21NO5. The fourth-order valence-corrected chi connectivity index (χ4v) is 2.26. The summed E-state index contributed by atoms with van der Waals surface area (Å²) in [5, 5.41) is 2.53. The van der Waals surface area contributed by atoms with Crippen LogP contribution in [0.25, 0.3) is 0 Å². The number of amides is 1. The summed E-state index contributed by atoms with van der Waals surface area (Å²) in [5.74, 6) is 0.0849. The quantitative estimate of drug-likeness (QED) is 0.581. The summed E-state index contributed by atoms with van der Waals surface area (Å²) < 4.78 is 15.1. The van der Waals surface area contributed by atoms with Gasteiger partial charge in [-0.3, -0.25) is 0 Å². The van der Waals surface area contributed by atoms with E-state index in [0.29, 0.717) is 5.75 Å². The number of esters is 1. The van der Waals surface area contributed by atoms with Gasteiger partial charge in [0.25, 0.3) is 0 Å². The Bertz CT molecular complexity index is 728. The van der Waals surface area contributed by atoms with Crippen LogP contribution in [0.4, 0.5) is 4.79 Å². The molecule has 2 rings (SSSR count). The van der Waals surface area contributed by atoms with Crippen molar-refractivity contribution in [2.24, 2.45) is 0 Å². The summed E-state index contributed by atoms with van der Waals surface area (Å²) in [7, 11) is 1.57. The number of rotatable bonds is 8. The van der Waals surface area contributed by atoms with E-state index in [1.54, 1.807) is 19.2 Å². The highest BCUT2D eigenvalue weighted by Gasteiger charge is 2.23. The molecule has 136 valence electrons. The van der Waals surface area contributed by atoms with E-state index in [1.165, 1.54) is 0 Å². The van der Waals surface area contributed by atoms with E-state index in [-0.39, 0.29) is 13.0 Å². The Morgan fingerprint density at radius 2 is 1.77 bits per heavy atom. The lowest BCUT2D eigenvalue weighted by atomic mass is 10.1. The number of ether oxygens (including phenoxy) is 3. The zero-order chi connectivity index (χ0) is 18.8. The molecule has 2 aromatic rings. The topological polar surface area (TPSA) is 73.9 Å². The predicted octanol–water partition coefficient (Wildman–Crippen LogP) is 3.22. The van der Waals surface area contributed by atoms with Gasteiger partial charge in [0.2, 0.25) is 0 Å². The van der Waals surface area contributed by atoms with Crippen LogP contribution in [0.1, 0.15) is 11.1 Å². The first-order valence-corrected chi connectivity index (χ1v) is 8.04. The number of carbonyl (C=O) groups excluding carboxylic acids is 2. The van der Waals surface area contributed by atoms with E-state index in [2.05, 4.69) is 11.9 Å². The molecule has 6 nitrogen and oxygen atoms in total. The maximum atomic E-state index is 12.1. The minimum Gasteiger partial charge on any atom is -0.497 e. The van der Waals surface area contributed by atoms with Gasteiger partial charge in [-0.05, 0) is 23.3 Å². The third-order valence-electron chi connectivity index (χ3n) is 3.59. The van der Waals surface area contributed by atoms with Gasteiger partial charge in [0.15, 0.2) is 0 Å². The molecule has 0 bridgehead atoms. The van der Waals surface area contributed by atoms with Gasteiger partial charge in [0, 0.05) is 6.42 Å². The van der Waals surface area contributed by atoms with Crippen molar-refractivity contribution in [2.75, 3.05) is 7.11 Å². The van der Waals surface area contributed by atoms with E-state index in [4.69, 9.17) is 14.2 Å². The number of benzene rings is 2. The molecule has 0 aliphatic rings. The zero-order valence-corrected chi connectivity index (χ0v) is 14.5. The molecule has 6 heteroatoms. The van der Waals surface area contributed by atoms with Crippen molar-refractivity contribution in [3.8, 4) is 5.75 Å². The summed E-state index contributed by atoms with van der Waals surface area (Å²) in [6.07, 6.45) is 0.575. The average Bonchev–Trinajstić information content (AvgIpc) is 2.67. The highest BCUT2D eigenvalue weighted by molar-refractivity contribution is 5.82. The van der Waals surface area contributed by atoms with Crippen LogP contribution >= 0.6 is 0 Å². The highest BCUT2D eigenvalue weighted by atomic mass is 16.6. The smallest absolute Gasteiger partial charge is 0.408 e. The predicted molar refractivity (Wildman–Crippen MR) is 96.5 cm³/mol. The van der Waals surface area contributed by atoms with Crippen LogP contribution in [0.15, 0.2) is 67.4 Å². The molecule has 0 aromatic heterocycles. The van der Waals surface area contributed by atoms with Crippen molar-refractivity contribution in [2.45, 2.75) is 19.1 Å². The van der Waals surface area contributed by atoms with Gasteiger partial charge in [0.05, 0.1) is 13.4 Å². The molecular weight excluding hydrogens is 334 g/mol. The second-order valence-electron chi connectivity index (χ2n) is 5.41. The van der Waals surface area contributed by atoms with Crippen molar-refractivity contribution >= 4 is 12.1 Å². The Hall–Kier alpha value is -3.28. The summed E-state index contributed by atoms with van der Waals surface area (Å²) in [5.41, 5.74) is 1.68. The molecule has 26 heavy (non-hydrogen) atoms. The minimum absolute atomic E-state index is 0.110. The third-order valence-corrected chi connectivity index (χ3v) is 3.59. The first-order chi connectivity index (χ1) is 12.6. The molecule has 2 aromatic carbocycles. The molecule has 0 aliphatic heterocycles. The SMILES string of the molecule is C=COC(=O)C(Cc1ccc(OC)cc1)NC(=O)OCc1ccccc1. The second kappa shape index (κ2) is 9.88. The molecule has 0 spiro atoms. The van der Waals surface area contributed by atoms with Crippen LogP contribution in [0.3, 0.4) is 0 Å². The van der Waals surface area contributed by atoms with Crippen LogP contribution < -0.4 is 10.1 Å². The fourth-order valence-electron chi connectivity index (χ4n) is 2.26. The Labute approximate surface area is 152 Å². The van der Waals surface area contributed by atoms with Gasteiger partial charge in [-0.2, -0.15) is 0 Å². The maximum Gasteiger partial charge on any atom is 0.408 e. The van der Waals surface area contributed by atoms with E-state index < -0.39 is 18.1 Å². The van der Waals surface area contributed by atoms with Gasteiger partial charge in [-0.1, -0.05) is 49.0 Å². The lowest BCUT2D eigenvalue weighted by Crippen LogP contribution is -2.43. The molecule has 1 atom stereocenters. The number of nitrogens with one attached hydrogen (secondary N) is 1. The molecule has 0 radical (unpaired) electrons. The molecule has 1 amide bonds. The van der Waals surface area contributed by atoms with Crippen LogP contribution in [-0.4, -0.2) is 25.2 Å². The number of hydrogen-bond acceptors (Lipinski definition) is 5. The summed E-state index contributed by atoms with van der Waals surface area (Å²) in [6.45, 7) is 3.47. The second-order valence-corrected chi connectivity index (χ2v) is 5.41. The first-order valence-electron chi connectivity index (χ1n) is 8.04. The molecule has 0 saturated heterocycles. The van der Waals surface area contributed by atoms with Crippen molar-refractivity contribution < 1.29 is 23.8 Å². The summed E-state index contributed by atoms with van der Waals surface area (Å²) >= 11 is 0. The lowest BCUT2D eigenvalue weighted by Gasteiger charge is -2.17. The molecule has 0 saturated carbocycles. The monoisotopic (exact) mass is 355 g/mol. The summed E-state index contributed by atoms with van der Waals surface area (Å²) in [6, 6.07) is 15.5. The normalized spacial score (nSPS) is 11.1. The van der Waals surface area contributed by atoms with Gasteiger partial charge in [0.1, 0.15) is 18.4 Å². The average molecular weight is 355 g/mol. The van der Waals surface area contributed by atoms with E-state index in [1.807, 2.05) is 42.5 Å². The Morgan fingerprint density at radius 3 is 2.38 bits per heavy atom. The minimum atomic E-state index is -0.898. The Balaban J connectivity index is 1.97. The van der Waals surface area contributed by atoms with E-state index in [9.17, 15) is 9.59 Å². The van der Waals surface area contributed by atoms with Gasteiger partial charge in [-0.25, -0.2) is 9.59 Å². The Morgan fingerprint density at radius 1 is 1.08 bits per heavy atom. The molecule has 1 N–H and O–H groups in total. The number of hydrogen-bond donors (Lipinski definition) is 1. The van der Waals surface area contributed by atoms with E-state index in [0.717, 1.165) is 17.4 Å². The Kier molecular flexibility index (Phi) is 7.24. The van der Waals surface area contributed by atoms with Crippen molar-refractivity contribution in [3.63, 3.8) is 0 Å². The first kappa shape index (κ1) is 19.1. The van der Waals surface area contributed by atoms with Gasteiger partial charge in [-0.15, -0.1) is 0 Å². The van der Waals surface area contributed by atoms with Crippen LogP contribution in [0.5, 0.6) is 5.75 Å². The van der Waals surface area contributed by atoms with Crippen molar-refractivity contribution in [3.05, 3.63) is 78.6 Å². The summed E-state index contributed by atoms with van der Waals surface area (Å²) in [4.78, 5) is 24.1. The zero-order valence-electron chi connectivity index (χ0n) is 14.5. The van der Waals surface area contributed by atoms with Crippen LogP contribution in [0.2, 0.25) is 0 Å². The van der Waals surface area contributed by atoms with Crippen LogP contribution in [0, 0.1) is 0 Å². The van der Waals surface area contributed by atoms with Crippen molar-refractivity contribution in [1.82, 2.24) is 5.32 Å². The largest absolute Gasteiger partial charge is 0.497 e. The van der Waals surface area contributed by atoms with E-state index >= 15 is 0 Å².